The number of aliphatic hydroxyl groups is 8. The molecule has 1 amide bonds. The number of nitrogens with zero attached hydrogens (tertiary/aromatic N) is 1. The number of carbonyl (C=O) groups is 1. The number of amides is 1. The van der Waals surface area contributed by atoms with Gasteiger partial charge in [0.05, 0.1) is 13.2 Å². The lowest BCUT2D eigenvalue weighted by Crippen LogP contribution is -2.58. The summed E-state index contributed by atoms with van der Waals surface area (Å²) in [6.45, 7) is -0.554. The molecule has 2 aromatic carbocycles. The Morgan fingerprint density at radius 1 is 0.702 bits per heavy atom. The first-order valence-electron chi connectivity index (χ1n) is 15.4. The number of rotatable bonds is 2. The summed E-state index contributed by atoms with van der Waals surface area (Å²) in [7, 11) is 0. The fraction of sp³-hybridized carbons (Fsp3) is 0.500. The first kappa shape index (κ1) is 33.3. The van der Waals surface area contributed by atoms with Crippen molar-refractivity contribution in [2.45, 2.75) is 79.3 Å². The van der Waals surface area contributed by atoms with E-state index in [9.17, 15) is 50.8 Å². The van der Waals surface area contributed by atoms with E-state index >= 15 is 0 Å². The number of ether oxygens (including phenoxy) is 2. The maximum absolute atomic E-state index is 11.8. The number of benzene rings is 2. The number of likely N-dealkylation sites (tertiary alicyclic amines) is 1. The molecular formula is C34H37NO12. The zero-order chi connectivity index (χ0) is 33.6. The number of aliphatic hydroxyl groups excluding tert-OH is 8. The minimum Gasteiger partial charge on any atom is -0.465 e. The lowest BCUT2D eigenvalue weighted by Gasteiger charge is -2.40. The van der Waals surface area contributed by atoms with Crippen molar-refractivity contribution in [3.05, 3.63) is 58.7 Å². The van der Waals surface area contributed by atoms with Gasteiger partial charge in [-0.2, -0.15) is 0 Å². The highest BCUT2D eigenvalue weighted by Crippen LogP contribution is 2.54. The molecule has 0 aromatic heterocycles. The van der Waals surface area contributed by atoms with Crippen molar-refractivity contribution < 1.29 is 60.2 Å². The average molecular weight is 652 g/mol. The molecule has 0 saturated carbocycles. The molecule has 1 spiro atoms. The third kappa shape index (κ3) is 5.90. The molecule has 9 N–H and O–H groups in total. The molecule has 2 aromatic rings. The van der Waals surface area contributed by atoms with Gasteiger partial charge < -0.3 is 60.3 Å². The predicted octanol–water partition coefficient (Wildman–Crippen LogP) is -1.89. The highest BCUT2D eigenvalue weighted by atomic mass is 16.5. The van der Waals surface area contributed by atoms with Gasteiger partial charge in [0, 0.05) is 29.6 Å². The molecule has 6 rings (SSSR count). The summed E-state index contributed by atoms with van der Waals surface area (Å²) in [6.07, 6.45) is -13.6. The highest BCUT2D eigenvalue weighted by molar-refractivity contribution is 5.83. The molecule has 1 aliphatic carbocycles. The number of hydrogen-bond donors (Lipinski definition) is 9. The molecule has 3 fully saturated rings. The van der Waals surface area contributed by atoms with Crippen LogP contribution in [0, 0.1) is 23.7 Å². The van der Waals surface area contributed by atoms with Gasteiger partial charge in [0.2, 0.25) is 0 Å². The standard InChI is InChI=1S/C34H37NO12/c36-15-25-29(40)31(42)27(38)23(46-25)7-3-17-1-5-19-20-6-2-18(4-8-24-28(39)32(43)30(41)26(16-37)47-24)14-22(20)34(21(19)13-17)9-11-35(12-10-34)33(44)45/h1-2,5-6,13-14,23-32,36-43H,9-12,15-16H2,(H,44,45)/t23-,24-,25-,26-,27-,28-,29-,30-,31-,32-/m1/s1. The molecule has 13 nitrogen and oxygen atoms in total. The Bertz CT molecular complexity index is 1520. The number of fused-ring (bicyclic) bond motifs is 5. The van der Waals surface area contributed by atoms with Crippen LogP contribution in [0.5, 0.6) is 0 Å². The van der Waals surface area contributed by atoms with Gasteiger partial charge >= 0.3 is 6.09 Å². The average Bonchev–Trinajstić information content (AvgIpc) is 3.33. The molecule has 0 radical (unpaired) electrons. The van der Waals surface area contributed by atoms with Crippen molar-refractivity contribution in [3.8, 4) is 34.8 Å². The van der Waals surface area contributed by atoms with Crippen LogP contribution in [0.1, 0.15) is 35.1 Å². The summed E-state index contributed by atoms with van der Waals surface area (Å²) in [5.74, 6) is 11.6. The van der Waals surface area contributed by atoms with E-state index in [0.717, 1.165) is 22.3 Å². The molecular weight excluding hydrogens is 614 g/mol. The smallest absolute Gasteiger partial charge is 0.407 e. The van der Waals surface area contributed by atoms with E-state index < -0.39 is 85.8 Å². The van der Waals surface area contributed by atoms with Crippen molar-refractivity contribution in [3.63, 3.8) is 0 Å². The van der Waals surface area contributed by atoms with Gasteiger partial charge in [-0.3, -0.25) is 0 Å². The van der Waals surface area contributed by atoms with E-state index in [4.69, 9.17) is 9.47 Å². The lowest BCUT2D eigenvalue weighted by atomic mass is 9.70. The molecule has 250 valence electrons. The molecule has 3 saturated heterocycles. The van der Waals surface area contributed by atoms with Gasteiger partial charge in [0.1, 0.15) is 61.0 Å². The second-order valence-corrected chi connectivity index (χ2v) is 12.4. The van der Waals surface area contributed by atoms with Crippen LogP contribution >= 0.6 is 0 Å². The lowest BCUT2D eigenvalue weighted by molar-refractivity contribution is -0.214. The largest absolute Gasteiger partial charge is 0.465 e. The molecule has 3 aliphatic heterocycles. The fourth-order valence-corrected chi connectivity index (χ4v) is 7.02. The Kier molecular flexibility index (Phi) is 9.32. The van der Waals surface area contributed by atoms with Crippen molar-refractivity contribution in [1.82, 2.24) is 4.90 Å². The SMILES string of the molecule is O=C(O)N1CCC2(CC1)c1cc(C#C[C@H]3O[C@H](CO)[C@@H](O)[C@H](O)[C@@H]3O)ccc1-c1ccc(C#C[C@H]3O[C@H](CO)[C@@H](O)[C@H](O)[C@@H]3O)cc12. The summed E-state index contributed by atoms with van der Waals surface area (Å²) in [6, 6.07) is 11.3. The number of hydrogen-bond acceptors (Lipinski definition) is 11. The Hall–Kier alpha value is -3.57. The minimum atomic E-state index is -1.55. The Morgan fingerprint density at radius 3 is 1.51 bits per heavy atom. The van der Waals surface area contributed by atoms with E-state index in [0.29, 0.717) is 24.0 Å². The van der Waals surface area contributed by atoms with Gasteiger partial charge in [0.15, 0.2) is 0 Å². The normalized spacial score (nSPS) is 34.0. The molecule has 47 heavy (non-hydrogen) atoms. The summed E-state index contributed by atoms with van der Waals surface area (Å²) in [5, 5.41) is 90.0. The van der Waals surface area contributed by atoms with Gasteiger partial charge in [-0.15, -0.1) is 0 Å². The summed E-state index contributed by atoms with van der Waals surface area (Å²) < 4.78 is 11.1. The van der Waals surface area contributed by atoms with Crippen LogP contribution in [0.25, 0.3) is 11.1 Å². The van der Waals surface area contributed by atoms with Gasteiger partial charge in [0.25, 0.3) is 0 Å². The van der Waals surface area contributed by atoms with Crippen molar-refractivity contribution in [1.29, 1.82) is 0 Å². The van der Waals surface area contributed by atoms with Crippen molar-refractivity contribution >= 4 is 6.09 Å². The summed E-state index contributed by atoms with van der Waals surface area (Å²) >= 11 is 0. The molecule has 4 aliphatic rings. The monoisotopic (exact) mass is 651 g/mol. The maximum atomic E-state index is 11.8. The number of carboxylic acid groups (broad SMARTS) is 1. The third-order valence-electron chi connectivity index (χ3n) is 9.75. The Morgan fingerprint density at radius 2 is 1.13 bits per heavy atom. The van der Waals surface area contributed by atoms with E-state index in [-0.39, 0.29) is 13.1 Å². The van der Waals surface area contributed by atoms with Crippen LogP contribution < -0.4 is 0 Å². The van der Waals surface area contributed by atoms with Crippen LogP contribution in [-0.2, 0) is 14.9 Å². The zero-order valence-corrected chi connectivity index (χ0v) is 25.2. The highest BCUT2D eigenvalue weighted by Gasteiger charge is 2.47. The van der Waals surface area contributed by atoms with Gasteiger partial charge in [-0.25, -0.2) is 4.79 Å². The molecule has 3 heterocycles. The van der Waals surface area contributed by atoms with Crippen LogP contribution in [0.2, 0.25) is 0 Å². The van der Waals surface area contributed by atoms with E-state index in [2.05, 4.69) is 23.7 Å². The van der Waals surface area contributed by atoms with Crippen molar-refractivity contribution in [2.24, 2.45) is 0 Å². The molecule has 10 atom stereocenters. The van der Waals surface area contributed by atoms with Crippen LogP contribution in [0.3, 0.4) is 0 Å². The van der Waals surface area contributed by atoms with Crippen LogP contribution in [0.15, 0.2) is 36.4 Å². The van der Waals surface area contributed by atoms with Gasteiger partial charge in [-0.1, -0.05) is 35.8 Å². The minimum absolute atomic E-state index is 0.287. The Balaban J connectivity index is 1.34. The second-order valence-electron chi connectivity index (χ2n) is 12.4. The maximum Gasteiger partial charge on any atom is 0.407 e. The first-order valence-corrected chi connectivity index (χ1v) is 15.4. The molecule has 13 heteroatoms. The van der Waals surface area contributed by atoms with Crippen molar-refractivity contribution in [2.75, 3.05) is 26.3 Å². The zero-order valence-electron chi connectivity index (χ0n) is 25.2. The van der Waals surface area contributed by atoms with E-state index in [1.807, 2.05) is 24.3 Å². The molecule has 0 unspecified atom stereocenters. The second kappa shape index (κ2) is 13.1. The Labute approximate surface area is 270 Å². The predicted molar refractivity (Wildman–Crippen MR) is 163 cm³/mol. The first-order chi connectivity index (χ1) is 22.5. The summed E-state index contributed by atoms with van der Waals surface area (Å²) in [4.78, 5) is 13.2. The van der Waals surface area contributed by atoms with Crippen LogP contribution in [-0.4, -0.2) is 144 Å². The van der Waals surface area contributed by atoms with E-state index in [1.54, 1.807) is 12.1 Å². The molecule has 0 bridgehead atoms. The van der Waals surface area contributed by atoms with E-state index in [1.165, 1.54) is 4.90 Å². The third-order valence-corrected chi connectivity index (χ3v) is 9.75. The summed E-state index contributed by atoms with van der Waals surface area (Å²) in [5.41, 5.74) is 4.34. The van der Waals surface area contributed by atoms with Crippen LogP contribution in [0.4, 0.5) is 4.79 Å². The van der Waals surface area contributed by atoms with Gasteiger partial charge in [-0.05, 0) is 59.4 Å². The number of piperidine rings is 1. The topological polar surface area (TPSA) is 221 Å². The fourth-order valence-electron chi connectivity index (χ4n) is 7.02. The quantitative estimate of drug-likeness (QED) is 0.163.